The van der Waals surface area contributed by atoms with Crippen molar-refractivity contribution in [2.24, 2.45) is 0 Å². The van der Waals surface area contributed by atoms with Crippen molar-refractivity contribution < 1.29 is 18.7 Å². The smallest absolute Gasteiger partial charge is 0.274 e. The molecule has 0 aliphatic rings. The minimum atomic E-state index is -2.13. The van der Waals surface area contributed by atoms with E-state index in [2.05, 4.69) is 15.6 Å². The van der Waals surface area contributed by atoms with Gasteiger partial charge in [0.2, 0.25) is 0 Å². The maximum Gasteiger partial charge on any atom is 0.274 e. The minimum absolute atomic E-state index is 0.208. The number of carbonyl (C=O) groups excluding carboxylic acids is 2. The zero-order chi connectivity index (χ0) is 17.7. The summed E-state index contributed by atoms with van der Waals surface area (Å²) in [7, 11) is 1.50. The number of pyridine rings is 1. The zero-order valence-electron chi connectivity index (χ0n) is 13.0. The van der Waals surface area contributed by atoms with E-state index in [1.54, 1.807) is 25.1 Å². The standard InChI is InChI=1S/C16H15ClFN3O3/c1-9-3-4-10(21-16(23)14(17)18)7-13(9)24-11-5-6-20-12(8-11)15(22)19-2/h3-8,14H,1-2H3,(H,19,22)(H,21,23). The summed E-state index contributed by atoms with van der Waals surface area (Å²) in [4.78, 5) is 26.9. The van der Waals surface area contributed by atoms with E-state index in [1.165, 1.54) is 25.4 Å². The van der Waals surface area contributed by atoms with Gasteiger partial charge in [0.1, 0.15) is 17.2 Å². The first kappa shape index (κ1) is 17.7. The van der Waals surface area contributed by atoms with Gasteiger partial charge in [0.05, 0.1) is 0 Å². The maximum atomic E-state index is 12.7. The van der Waals surface area contributed by atoms with Gasteiger partial charge >= 0.3 is 0 Å². The third kappa shape index (κ3) is 4.42. The molecular formula is C16H15ClFN3O3. The Bertz CT molecular complexity index is 768. The van der Waals surface area contributed by atoms with Crippen LogP contribution in [0.5, 0.6) is 11.5 Å². The van der Waals surface area contributed by atoms with Gasteiger partial charge in [0, 0.05) is 31.1 Å². The Hall–Kier alpha value is -2.67. The van der Waals surface area contributed by atoms with Gasteiger partial charge in [-0.1, -0.05) is 17.7 Å². The number of aromatic nitrogens is 1. The molecule has 1 heterocycles. The van der Waals surface area contributed by atoms with Crippen molar-refractivity contribution in [3.8, 4) is 11.5 Å². The first-order valence-corrected chi connectivity index (χ1v) is 7.40. The Morgan fingerprint density at radius 3 is 2.71 bits per heavy atom. The molecule has 2 N–H and O–H groups in total. The number of ether oxygens (including phenoxy) is 1. The molecule has 0 spiro atoms. The summed E-state index contributed by atoms with van der Waals surface area (Å²) in [6.45, 7) is 1.81. The molecule has 126 valence electrons. The Morgan fingerprint density at radius 1 is 1.29 bits per heavy atom. The topological polar surface area (TPSA) is 80.3 Å². The average Bonchev–Trinajstić information content (AvgIpc) is 2.57. The number of rotatable bonds is 5. The van der Waals surface area contributed by atoms with Crippen molar-refractivity contribution in [1.82, 2.24) is 10.3 Å². The van der Waals surface area contributed by atoms with Crippen LogP contribution < -0.4 is 15.4 Å². The highest BCUT2D eigenvalue weighted by Gasteiger charge is 2.14. The molecule has 0 saturated heterocycles. The van der Waals surface area contributed by atoms with Crippen LogP contribution in [0.25, 0.3) is 0 Å². The molecule has 2 rings (SSSR count). The van der Waals surface area contributed by atoms with Crippen molar-refractivity contribution in [2.45, 2.75) is 12.6 Å². The lowest BCUT2D eigenvalue weighted by atomic mass is 10.2. The molecule has 0 aliphatic carbocycles. The number of nitrogens with one attached hydrogen (secondary N) is 2. The molecule has 0 aliphatic heterocycles. The number of aryl methyl sites for hydroxylation is 1. The molecule has 8 heteroatoms. The summed E-state index contributed by atoms with van der Waals surface area (Å²) in [5, 5.41) is 4.80. The summed E-state index contributed by atoms with van der Waals surface area (Å²) < 4.78 is 18.5. The first-order chi connectivity index (χ1) is 11.4. The van der Waals surface area contributed by atoms with E-state index in [0.29, 0.717) is 17.2 Å². The van der Waals surface area contributed by atoms with Gasteiger partial charge in [0.25, 0.3) is 17.4 Å². The highest BCUT2D eigenvalue weighted by Crippen LogP contribution is 2.28. The van der Waals surface area contributed by atoms with Crippen LogP contribution in [0.3, 0.4) is 0 Å². The van der Waals surface area contributed by atoms with Crippen LogP contribution in [-0.2, 0) is 4.79 Å². The molecule has 0 radical (unpaired) electrons. The molecule has 1 atom stereocenters. The van der Waals surface area contributed by atoms with Crippen LogP contribution in [-0.4, -0.2) is 29.5 Å². The predicted octanol–water partition coefficient (Wildman–Crippen LogP) is 3.01. The third-order valence-electron chi connectivity index (χ3n) is 3.07. The fraction of sp³-hybridized carbons (Fsp3) is 0.188. The fourth-order valence-corrected chi connectivity index (χ4v) is 1.89. The lowest BCUT2D eigenvalue weighted by Gasteiger charge is -2.12. The number of halogens is 2. The second kappa shape index (κ2) is 7.74. The van der Waals surface area contributed by atoms with Crippen molar-refractivity contribution in [3.63, 3.8) is 0 Å². The highest BCUT2D eigenvalue weighted by molar-refractivity contribution is 6.31. The summed E-state index contributed by atoms with van der Waals surface area (Å²) in [6, 6.07) is 7.91. The molecule has 24 heavy (non-hydrogen) atoms. The molecule has 2 amide bonds. The third-order valence-corrected chi connectivity index (χ3v) is 3.27. The zero-order valence-corrected chi connectivity index (χ0v) is 13.7. The first-order valence-electron chi connectivity index (χ1n) is 6.96. The monoisotopic (exact) mass is 351 g/mol. The number of benzene rings is 1. The van der Waals surface area contributed by atoms with Crippen molar-refractivity contribution in [3.05, 3.63) is 47.8 Å². The number of alkyl halides is 2. The van der Waals surface area contributed by atoms with E-state index in [-0.39, 0.29) is 11.6 Å². The quantitative estimate of drug-likeness (QED) is 0.811. The minimum Gasteiger partial charge on any atom is -0.457 e. The molecule has 0 fully saturated rings. The van der Waals surface area contributed by atoms with Crippen LogP contribution in [0.2, 0.25) is 0 Å². The van der Waals surface area contributed by atoms with Crippen molar-refractivity contribution >= 4 is 29.1 Å². The Labute approximate surface area is 143 Å². The van der Waals surface area contributed by atoms with Crippen LogP contribution in [0.1, 0.15) is 16.1 Å². The largest absolute Gasteiger partial charge is 0.457 e. The van der Waals surface area contributed by atoms with E-state index in [0.717, 1.165) is 5.56 Å². The number of hydrogen-bond acceptors (Lipinski definition) is 4. The van der Waals surface area contributed by atoms with Gasteiger partial charge in [-0.25, -0.2) is 4.39 Å². The van der Waals surface area contributed by atoms with E-state index < -0.39 is 11.5 Å². The van der Waals surface area contributed by atoms with E-state index in [9.17, 15) is 14.0 Å². The maximum absolute atomic E-state index is 12.7. The van der Waals surface area contributed by atoms with Crippen molar-refractivity contribution in [2.75, 3.05) is 12.4 Å². The number of hydrogen-bond donors (Lipinski definition) is 2. The van der Waals surface area contributed by atoms with Crippen molar-refractivity contribution in [1.29, 1.82) is 0 Å². The van der Waals surface area contributed by atoms with Crippen LogP contribution in [0, 0.1) is 6.92 Å². The van der Waals surface area contributed by atoms with E-state index >= 15 is 0 Å². The molecular weight excluding hydrogens is 337 g/mol. The lowest BCUT2D eigenvalue weighted by Crippen LogP contribution is -2.19. The van der Waals surface area contributed by atoms with Gasteiger partial charge in [-0.05, 0) is 24.6 Å². The molecule has 0 bridgehead atoms. The number of anilines is 1. The summed E-state index contributed by atoms with van der Waals surface area (Å²) >= 11 is 5.08. The normalized spacial score (nSPS) is 11.5. The predicted molar refractivity (Wildman–Crippen MR) is 88.3 cm³/mol. The van der Waals surface area contributed by atoms with Crippen LogP contribution >= 0.6 is 11.6 Å². The van der Waals surface area contributed by atoms with E-state index in [1.807, 2.05) is 0 Å². The van der Waals surface area contributed by atoms with E-state index in [4.69, 9.17) is 16.3 Å². The Kier molecular flexibility index (Phi) is 5.70. The lowest BCUT2D eigenvalue weighted by molar-refractivity contribution is -0.118. The second-order valence-corrected chi connectivity index (χ2v) is 5.21. The van der Waals surface area contributed by atoms with Gasteiger partial charge in [-0.2, -0.15) is 0 Å². The number of carbonyl (C=O) groups is 2. The molecule has 2 aromatic rings. The van der Waals surface area contributed by atoms with Gasteiger partial charge in [-0.3, -0.25) is 14.6 Å². The van der Waals surface area contributed by atoms with Gasteiger partial charge < -0.3 is 15.4 Å². The Balaban J connectivity index is 2.23. The molecule has 1 aromatic carbocycles. The SMILES string of the molecule is CNC(=O)c1cc(Oc2cc(NC(=O)C(F)Cl)ccc2C)ccn1. The molecule has 0 saturated carbocycles. The summed E-state index contributed by atoms with van der Waals surface area (Å²) in [5.41, 5.74) is -0.802. The summed E-state index contributed by atoms with van der Waals surface area (Å²) in [6.07, 6.45) is 1.45. The Morgan fingerprint density at radius 2 is 2.04 bits per heavy atom. The van der Waals surface area contributed by atoms with Gasteiger partial charge in [0.15, 0.2) is 0 Å². The number of amides is 2. The molecule has 1 unspecified atom stereocenters. The molecule has 6 nitrogen and oxygen atoms in total. The fourth-order valence-electron chi connectivity index (χ4n) is 1.84. The molecule has 1 aromatic heterocycles. The number of nitrogens with zero attached hydrogens (tertiary/aromatic N) is 1. The van der Waals surface area contributed by atoms with Crippen LogP contribution in [0.4, 0.5) is 10.1 Å². The van der Waals surface area contributed by atoms with Gasteiger partial charge in [-0.15, -0.1) is 0 Å². The van der Waals surface area contributed by atoms with Crippen LogP contribution in [0.15, 0.2) is 36.5 Å². The summed E-state index contributed by atoms with van der Waals surface area (Å²) in [5.74, 6) is -0.464. The highest BCUT2D eigenvalue weighted by atomic mass is 35.5. The second-order valence-electron chi connectivity index (χ2n) is 4.83. The average molecular weight is 352 g/mol.